The van der Waals surface area contributed by atoms with Gasteiger partial charge in [0, 0.05) is 4.90 Å². The van der Waals surface area contributed by atoms with Crippen LogP contribution >= 0.6 is 23.3 Å². The summed E-state index contributed by atoms with van der Waals surface area (Å²) in [5.41, 5.74) is -2.58. The van der Waals surface area contributed by atoms with Gasteiger partial charge in [-0.05, 0) is 58.7 Å². The van der Waals surface area contributed by atoms with Crippen LogP contribution in [0.2, 0.25) is 0 Å². The second-order valence-corrected chi connectivity index (χ2v) is 10.1. The molecule has 0 N–H and O–H groups in total. The van der Waals surface area contributed by atoms with Gasteiger partial charge in [0.05, 0.1) is 0 Å². The summed E-state index contributed by atoms with van der Waals surface area (Å²) in [7, 11) is -3.06. The fourth-order valence-corrected chi connectivity index (χ4v) is 6.84. The van der Waals surface area contributed by atoms with E-state index in [-0.39, 0.29) is 5.92 Å². The van der Waals surface area contributed by atoms with E-state index in [4.69, 9.17) is 0 Å². The predicted molar refractivity (Wildman–Crippen MR) is 74.8 cm³/mol. The molecule has 0 saturated heterocycles. The average molecular weight is 339 g/mol. The van der Waals surface area contributed by atoms with Crippen molar-refractivity contribution in [1.82, 2.24) is 0 Å². The number of benzene rings is 1. The van der Waals surface area contributed by atoms with Gasteiger partial charge in [-0.2, -0.15) is 13.2 Å². The van der Waals surface area contributed by atoms with E-state index >= 15 is 0 Å². The summed E-state index contributed by atoms with van der Waals surface area (Å²) in [6.45, 7) is 5.50. The molecule has 0 amide bonds. The molecule has 0 radical (unpaired) electrons. The zero-order valence-corrected chi connectivity index (χ0v) is 12.7. The summed E-state index contributed by atoms with van der Waals surface area (Å²) < 4.78 is 40.5. The molecular weight excluding hydrogens is 325 g/mol. The fourth-order valence-electron chi connectivity index (χ4n) is 2.15. The van der Waals surface area contributed by atoms with E-state index in [0.29, 0.717) is 15.4 Å². The Morgan fingerprint density at radius 2 is 1.83 bits per heavy atom. The highest BCUT2D eigenvalue weighted by Gasteiger charge is 2.55. The van der Waals surface area contributed by atoms with Gasteiger partial charge in [0.15, 0.2) is 0 Å². The molecule has 18 heavy (non-hydrogen) atoms. The van der Waals surface area contributed by atoms with Crippen molar-refractivity contribution in [3.8, 4) is 0 Å². The Morgan fingerprint density at radius 3 is 2.33 bits per heavy atom. The molecule has 0 fully saturated rings. The summed E-state index contributed by atoms with van der Waals surface area (Å²) in [6.07, 6.45) is 1.70. The summed E-state index contributed by atoms with van der Waals surface area (Å²) in [4.78, 5) is 0.833. The van der Waals surface area contributed by atoms with Crippen LogP contribution in [0.4, 0.5) is 13.2 Å². The number of alkyl halides is 3. The van der Waals surface area contributed by atoms with Crippen molar-refractivity contribution in [3.63, 3.8) is 0 Å². The molecule has 5 heteroatoms. The third kappa shape index (κ3) is 1.92. The summed E-state index contributed by atoms with van der Waals surface area (Å²) >= 11 is 3.05. The van der Waals surface area contributed by atoms with Crippen LogP contribution in [0.5, 0.6) is 0 Å². The SMILES string of the molecule is Cc1ccc2c(c1)C=C(C(C)C)S2(Br)C(F)(F)F. The number of hydrogen-bond donors (Lipinski definition) is 0. The molecular formula is C13H14BrF3S. The minimum absolute atomic E-state index is 0.131. The second-order valence-electron chi connectivity index (χ2n) is 4.73. The lowest BCUT2D eigenvalue weighted by atomic mass is 10.1. The first-order valence-corrected chi connectivity index (χ1v) is 9.07. The highest BCUT2D eigenvalue weighted by Crippen LogP contribution is 2.82. The Morgan fingerprint density at radius 1 is 1.22 bits per heavy atom. The molecule has 0 aliphatic carbocycles. The lowest BCUT2D eigenvalue weighted by Gasteiger charge is -2.36. The summed E-state index contributed by atoms with van der Waals surface area (Å²) in [6, 6.07) is 5.16. The maximum Gasteiger partial charge on any atom is 0.442 e. The lowest BCUT2D eigenvalue weighted by Crippen LogP contribution is -2.17. The molecule has 0 spiro atoms. The summed E-state index contributed by atoms with van der Waals surface area (Å²) in [5.74, 6) is -0.131. The third-order valence-electron chi connectivity index (χ3n) is 2.98. The maximum atomic E-state index is 13.5. The maximum absolute atomic E-state index is 13.5. The van der Waals surface area contributed by atoms with Gasteiger partial charge < -0.3 is 0 Å². The van der Waals surface area contributed by atoms with Gasteiger partial charge in [-0.15, -0.1) is 0 Å². The molecule has 0 nitrogen and oxygen atoms in total. The number of fused-ring (bicyclic) bond motifs is 1. The minimum Gasteiger partial charge on any atom is -0.160 e. The van der Waals surface area contributed by atoms with Crippen molar-refractivity contribution in [1.29, 1.82) is 0 Å². The van der Waals surface area contributed by atoms with E-state index < -0.39 is 14.0 Å². The molecule has 2 rings (SSSR count). The van der Waals surface area contributed by atoms with E-state index in [1.165, 1.54) is 0 Å². The van der Waals surface area contributed by atoms with Gasteiger partial charge in [-0.3, -0.25) is 0 Å². The molecule has 0 bridgehead atoms. The molecule has 100 valence electrons. The molecule has 1 aromatic rings. The van der Waals surface area contributed by atoms with Crippen molar-refractivity contribution in [3.05, 3.63) is 34.2 Å². The van der Waals surface area contributed by atoms with Crippen LogP contribution in [-0.2, 0) is 0 Å². The average Bonchev–Trinajstić information content (AvgIpc) is 2.52. The number of rotatable bonds is 1. The van der Waals surface area contributed by atoms with Gasteiger partial charge in [-0.1, -0.05) is 31.5 Å². The standard InChI is InChI=1S/C13H14BrF3S/c1-8(2)12-7-10-6-9(3)4-5-11(10)18(12,14)13(15,16)17/h4-8H,1-3H3. The third-order valence-corrected chi connectivity index (χ3v) is 9.10. The van der Waals surface area contributed by atoms with E-state index in [1.54, 1.807) is 32.1 Å². The van der Waals surface area contributed by atoms with E-state index in [0.717, 1.165) is 5.56 Å². The van der Waals surface area contributed by atoms with Crippen LogP contribution in [0, 0.1) is 12.8 Å². The Balaban J connectivity index is 2.69. The highest BCUT2D eigenvalue weighted by molar-refractivity contribution is 9.59. The first kappa shape index (κ1) is 14.0. The van der Waals surface area contributed by atoms with Crippen molar-refractivity contribution >= 4 is 29.4 Å². The Bertz CT molecular complexity index is 519. The van der Waals surface area contributed by atoms with Gasteiger partial charge >= 0.3 is 5.51 Å². The Hall–Kier alpha value is -0.420. The number of aryl methyl sites for hydroxylation is 1. The van der Waals surface area contributed by atoms with Crippen LogP contribution in [-0.4, -0.2) is 5.51 Å². The highest BCUT2D eigenvalue weighted by atomic mass is 79.9. The largest absolute Gasteiger partial charge is 0.442 e. The number of halogens is 4. The van der Waals surface area contributed by atoms with Gasteiger partial charge in [-0.25, -0.2) is 0 Å². The van der Waals surface area contributed by atoms with E-state index in [2.05, 4.69) is 14.8 Å². The van der Waals surface area contributed by atoms with Crippen LogP contribution in [0.3, 0.4) is 0 Å². The van der Waals surface area contributed by atoms with Crippen molar-refractivity contribution in [2.75, 3.05) is 0 Å². The molecule has 1 heterocycles. The topological polar surface area (TPSA) is 0 Å². The molecule has 0 saturated carbocycles. The van der Waals surface area contributed by atoms with Gasteiger partial charge in [0.1, 0.15) is 0 Å². The monoisotopic (exact) mass is 338 g/mol. The molecule has 1 aliphatic rings. The van der Waals surface area contributed by atoms with Crippen molar-refractivity contribution < 1.29 is 13.2 Å². The second kappa shape index (κ2) is 4.30. The van der Waals surface area contributed by atoms with Gasteiger partial charge in [0.25, 0.3) is 0 Å². The smallest absolute Gasteiger partial charge is 0.160 e. The molecule has 0 aromatic heterocycles. The van der Waals surface area contributed by atoms with Crippen LogP contribution in [0.25, 0.3) is 6.08 Å². The number of hydrogen-bond acceptors (Lipinski definition) is 0. The van der Waals surface area contributed by atoms with Crippen molar-refractivity contribution in [2.24, 2.45) is 5.92 Å². The van der Waals surface area contributed by atoms with E-state index in [1.807, 2.05) is 13.0 Å². The molecule has 1 atom stereocenters. The van der Waals surface area contributed by atoms with E-state index in [9.17, 15) is 13.2 Å². The van der Waals surface area contributed by atoms with Crippen molar-refractivity contribution in [2.45, 2.75) is 31.2 Å². The lowest BCUT2D eigenvalue weighted by molar-refractivity contribution is -0.0356. The fraction of sp³-hybridized carbons (Fsp3) is 0.385. The quantitative estimate of drug-likeness (QED) is 0.589. The zero-order chi connectivity index (χ0) is 13.7. The minimum atomic E-state index is -4.26. The van der Waals surface area contributed by atoms with Gasteiger partial charge in [0.2, 0.25) is 0 Å². The Kier molecular flexibility index (Phi) is 3.35. The first-order chi connectivity index (χ1) is 8.18. The molecule has 1 aliphatic heterocycles. The molecule has 1 unspecified atom stereocenters. The summed E-state index contributed by atoms with van der Waals surface area (Å²) in [5, 5.41) is 0. The molecule has 1 aromatic carbocycles. The van der Waals surface area contributed by atoms with Crippen LogP contribution in [0.15, 0.2) is 28.0 Å². The number of allylic oxidation sites excluding steroid dienone is 1. The Labute approximate surface area is 114 Å². The van der Waals surface area contributed by atoms with Crippen LogP contribution < -0.4 is 0 Å². The zero-order valence-electron chi connectivity index (χ0n) is 10.3. The first-order valence-electron chi connectivity index (χ1n) is 5.59. The van der Waals surface area contributed by atoms with Crippen LogP contribution in [0.1, 0.15) is 25.0 Å². The normalized spacial score (nSPS) is 26.8. The predicted octanol–water partition coefficient (Wildman–Crippen LogP) is 6.00.